The number of phenolic OH excluding ortho intramolecular Hbond substituents is 1. The lowest BCUT2D eigenvalue weighted by Gasteiger charge is -2.14. The molecule has 3 aromatic rings. The van der Waals surface area contributed by atoms with E-state index in [0.717, 1.165) is 0 Å². The zero-order valence-electron chi connectivity index (χ0n) is 16.5. The number of esters is 1. The third-order valence-electron chi connectivity index (χ3n) is 3.91. The van der Waals surface area contributed by atoms with E-state index < -0.39 is 11.9 Å². The fraction of sp³-hybridized carbons (Fsp3) is 0.0909. The van der Waals surface area contributed by atoms with Crippen molar-refractivity contribution < 1.29 is 28.9 Å². The fourth-order valence-corrected chi connectivity index (χ4v) is 3.19. The Morgan fingerprint density at radius 1 is 0.906 bits per heavy atom. The van der Waals surface area contributed by atoms with Crippen molar-refractivity contribution in [1.29, 1.82) is 0 Å². The Balaban J connectivity index is 1.78. The molecule has 0 aromatic heterocycles. The van der Waals surface area contributed by atoms with Crippen LogP contribution in [0.15, 0.2) is 54.6 Å². The number of aromatic hydroxyl groups is 1. The first-order chi connectivity index (χ1) is 15.3. The average Bonchev–Trinajstić information content (AvgIpc) is 2.74. The predicted molar refractivity (Wildman–Crippen MR) is 121 cm³/mol. The minimum absolute atomic E-state index is 0.0664. The summed E-state index contributed by atoms with van der Waals surface area (Å²) in [5.74, 6) is -1.13. The number of benzene rings is 3. The molecule has 10 heteroatoms. The van der Waals surface area contributed by atoms with Crippen LogP contribution in [0.2, 0.25) is 15.1 Å². The molecule has 0 unspecified atom stereocenters. The Kier molecular flexibility index (Phi) is 7.69. The Hall–Kier alpha value is -3.13. The molecule has 1 amide bonds. The quantitative estimate of drug-likeness (QED) is 0.301. The van der Waals surface area contributed by atoms with Crippen molar-refractivity contribution in [2.75, 3.05) is 11.9 Å². The van der Waals surface area contributed by atoms with Crippen LogP contribution in [0.4, 0.5) is 5.69 Å². The van der Waals surface area contributed by atoms with Gasteiger partial charge in [-0.05, 0) is 55.5 Å². The van der Waals surface area contributed by atoms with Gasteiger partial charge < -0.3 is 24.6 Å². The molecule has 0 radical (unpaired) electrons. The molecule has 0 saturated carbocycles. The van der Waals surface area contributed by atoms with E-state index in [1.165, 1.54) is 30.3 Å². The van der Waals surface area contributed by atoms with Crippen LogP contribution in [0.5, 0.6) is 28.7 Å². The summed E-state index contributed by atoms with van der Waals surface area (Å²) in [6, 6.07) is 13.7. The molecule has 32 heavy (non-hydrogen) atoms. The molecule has 0 bridgehead atoms. The van der Waals surface area contributed by atoms with Crippen LogP contribution in [0, 0.1) is 0 Å². The summed E-state index contributed by atoms with van der Waals surface area (Å²) in [7, 11) is 0. The molecule has 0 aliphatic carbocycles. The molecule has 0 spiro atoms. The van der Waals surface area contributed by atoms with E-state index in [-0.39, 0.29) is 45.3 Å². The maximum atomic E-state index is 11.8. The lowest BCUT2D eigenvalue weighted by atomic mass is 10.2. The smallest absolute Gasteiger partial charge is 0.397 e. The number of nitrogens with one attached hydrogen (secondary N) is 1. The zero-order valence-corrected chi connectivity index (χ0v) is 18.8. The Morgan fingerprint density at radius 3 is 2.16 bits per heavy atom. The van der Waals surface area contributed by atoms with Gasteiger partial charge in [0.2, 0.25) is 0 Å². The molecule has 2 N–H and O–H groups in total. The summed E-state index contributed by atoms with van der Waals surface area (Å²) in [5.41, 5.74) is 0.183. The number of amides is 1. The molecule has 0 aliphatic rings. The van der Waals surface area contributed by atoms with Gasteiger partial charge in [-0.1, -0.05) is 34.8 Å². The second kappa shape index (κ2) is 10.5. The van der Waals surface area contributed by atoms with Crippen molar-refractivity contribution in [3.63, 3.8) is 0 Å². The Bertz CT molecular complexity index is 1130. The van der Waals surface area contributed by atoms with E-state index in [0.29, 0.717) is 10.8 Å². The van der Waals surface area contributed by atoms with Crippen LogP contribution >= 0.6 is 34.8 Å². The molecule has 0 saturated heterocycles. The van der Waals surface area contributed by atoms with Crippen molar-refractivity contribution in [1.82, 2.24) is 0 Å². The normalized spacial score (nSPS) is 10.4. The van der Waals surface area contributed by atoms with Crippen molar-refractivity contribution in [3.05, 3.63) is 69.7 Å². The van der Waals surface area contributed by atoms with Crippen molar-refractivity contribution in [2.45, 2.75) is 6.92 Å². The van der Waals surface area contributed by atoms with Gasteiger partial charge in [0.25, 0.3) is 0 Å². The summed E-state index contributed by atoms with van der Waals surface area (Å²) >= 11 is 18.4. The average molecular weight is 497 g/mol. The topological polar surface area (TPSA) is 94.1 Å². The SMILES string of the molecule is CCOC(=O)C(=O)Nc1cc(Cl)c(Oc2ccc(O)c(Oc3ccc(Cl)cc3)c2)c(Cl)c1. The van der Waals surface area contributed by atoms with Gasteiger partial charge in [-0.15, -0.1) is 0 Å². The minimum atomic E-state index is -1.03. The van der Waals surface area contributed by atoms with Gasteiger partial charge in [0.15, 0.2) is 17.2 Å². The Morgan fingerprint density at radius 2 is 1.53 bits per heavy atom. The number of hydrogen-bond donors (Lipinski definition) is 2. The molecule has 0 heterocycles. The lowest BCUT2D eigenvalue weighted by Crippen LogP contribution is -2.24. The number of halogens is 3. The van der Waals surface area contributed by atoms with Crippen LogP contribution in [0.1, 0.15) is 6.92 Å². The van der Waals surface area contributed by atoms with Gasteiger partial charge >= 0.3 is 11.9 Å². The number of hydrogen-bond acceptors (Lipinski definition) is 6. The third kappa shape index (κ3) is 5.97. The standard InChI is InChI=1S/C22H16Cl3NO6/c1-2-30-22(29)21(28)26-13-9-16(24)20(17(25)10-13)32-15-7-8-18(27)19(11-15)31-14-5-3-12(23)4-6-14/h3-11,27H,2H2,1H3,(H,26,28). The molecule has 7 nitrogen and oxygen atoms in total. The first kappa shape index (κ1) is 23.5. The molecule has 0 atom stereocenters. The highest BCUT2D eigenvalue weighted by atomic mass is 35.5. The first-order valence-electron chi connectivity index (χ1n) is 9.18. The largest absolute Gasteiger partial charge is 0.504 e. The number of phenols is 1. The lowest BCUT2D eigenvalue weighted by molar-refractivity contribution is -0.152. The van der Waals surface area contributed by atoms with Crippen LogP contribution < -0.4 is 14.8 Å². The molecule has 0 fully saturated rings. The molecular weight excluding hydrogens is 481 g/mol. The maximum absolute atomic E-state index is 11.8. The van der Waals surface area contributed by atoms with Gasteiger partial charge in [-0.3, -0.25) is 4.79 Å². The van der Waals surface area contributed by atoms with Crippen LogP contribution in [-0.4, -0.2) is 23.6 Å². The van der Waals surface area contributed by atoms with Crippen LogP contribution in [0.25, 0.3) is 0 Å². The summed E-state index contributed by atoms with van der Waals surface area (Å²) in [6.07, 6.45) is 0. The van der Waals surface area contributed by atoms with E-state index in [2.05, 4.69) is 10.1 Å². The third-order valence-corrected chi connectivity index (χ3v) is 4.72. The molecule has 166 valence electrons. The second-order valence-corrected chi connectivity index (χ2v) is 7.48. The molecular formula is C22H16Cl3NO6. The van der Waals surface area contributed by atoms with Gasteiger partial charge in [0.1, 0.15) is 11.5 Å². The minimum Gasteiger partial charge on any atom is -0.504 e. The zero-order chi connectivity index (χ0) is 23.3. The second-order valence-electron chi connectivity index (χ2n) is 6.23. The monoisotopic (exact) mass is 495 g/mol. The highest BCUT2D eigenvalue weighted by Crippen LogP contribution is 2.41. The van der Waals surface area contributed by atoms with Gasteiger partial charge in [0.05, 0.1) is 16.7 Å². The summed E-state index contributed by atoms with van der Waals surface area (Å²) in [5, 5.41) is 13.1. The number of carbonyl (C=O) groups is 2. The highest BCUT2D eigenvalue weighted by molar-refractivity contribution is 6.39. The number of ether oxygens (including phenoxy) is 3. The van der Waals surface area contributed by atoms with E-state index in [9.17, 15) is 14.7 Å². The fourth-order valence-electron chi connectivity index (χ4n) is 2.50. The highest BCUT2D eigenvalue weighted by Gasteiger charge is 2.18. The van der Waals surface area contributed by atoms with Crippen molar-refractivity contribution >= 4 is 52.4 Å². The van der Waals surface area contributed by atoms with Crippen LogP contribution in [-0.2, 0) is 14.3 Å². The van der Waals surface area contributed by atoms with E-state index in [1.807, 2.05) is 0 Å². The summed E-state index contributed by atoms with van der Waals surface area (Å²) in [4.78, 5) is 23.3. The van der Waals surface area contributed by atoms with Crippen molar-refractivity contribution in [2.24, 2.45) is 0 Å². The summed E-state index contributed by atoms with van der Waals surface area (Å²) in [6.45, 7) is 1.65. The van der Waals surface area contributed by atoms with E-state index in [4.69, 9.17) is 44.3 Å². The van der Waals surface area contributed by atoms with E-state index >= 15 is 0 Å². The maximum Gasteiger partial charge on any atom is 0.397 e. The molecule has 3 aromatic carbocycles. The Labute approximate surface area is 198 Å². The molecule has 3 rings (SSSR count). The van der Waals surface area contributed by atoms with Gasteiger partial charge in [0, 0.05) is 16.8 Å². The number of carbonyl (C=O) groups excluding carboxylic acids is 2. The number of rotatable bonds is 6. The van der Waals surface area contributed by atoms with Gasteiger partial charge in [-0.25, -0.2) is 4.79 Å². The van der Waals surface area contributed by atoms with E-state index in [1.54, 1.807) is 31.2 Å². The first-order valence-corrected chi connectivity index (χ1v) is 10.3. The van der Waals surface area contributed by atoms with Crippen LogP contribution in [0.3, 0.4) is 0 Å². The van der Waals surface area contributed by atoms with Gasteiger partial charge in [-0.2, -0.15) is 0 Å². The molecule has 0 aliphatic heterocycles. The summed E-state index contributed by atoms with van der Waals surface area (Å²) < 4.78 is 16.0. The van der Waals surface area contributed by atoms with Crippen molar-refractivity contribution in [3.8, 4) is 28.7 Å². The predicted octanol–water partition coefficient (Wildman–Crippen LogP) is 6.44. The number of anilines is 1.